The number of para-hydroxylation sites is 2. The molecule has 0 saturated carbocycles. The molecule has 0 atom stereocenters. The Bertz CT molecular complexity index is 1010. The van der Waals surface area contributed by atoms with Gasteiger partial charge in [-0.25, -0.2) is 4.68 Å². The quantitative estimate of drug-likeness (QED) is 0.627. The van der Waals surface area contributed by atoms with Crippen molar-refractivity contribution >= 4 is 10.9 Å². The predicted molar refractivity (Wildman–Crippen MR) is 97.5 cm³/mol. The molecule has 0 bridgehead atoms. The SMILES string of the molecule is c1ccc(-n2cc(CN3CCc4c([nH]c5ccccc45)C3)nn2)cc1. The fraction of sp³-hybridized carbons (Fsp3) is 0.200. The van der Waals surface area contributed by atoms with Gasteiger partial charge in [0, 0.05) is 36.2 Å². The average molecular weight is 329 g/mol. The van der Waals surface area contributed by atoms with Crippen molar-refractivity contribution in [3.63, 3.8) is 0 Å². The number of nitrogens with one attached hydrogen (secondary N) is 1. The lowest BCUT2D eigenvalue weighted by atomic mass is 10.0. The summed E-state index contributed by atoms with van der Waals surface area (Å²) in [5, 5.41) is 9.98. The van der Waals surface area contributed by atoms with Crippen LogP contribution in [0.5, 0.6) is 0 Å². The molecule has 2 aromatic heterocycles. The molecule has 0 unspecified atom stereocenters. The van der Waals surface area contributed by atoms with Gasteiger partial charge in [0.15, 0.2) is 0 Å². The summed E-state index contributed by atoms with van der Waals surface area (Å²) in [5.74, 6) is 0. The fourth-order valence-electron chi connectivity index (χ4n) is 3.69. The van der Waals surface area contributed by atoms with E-state index in [-0.39, 0.29) is 0 Å². The molecule has 5 heteroatoms. The Morgan fingerprint density at radius 3 is 2.76 bits per heavy atom. The summed E-state index contributed by atoms with van der Waals surface area (Å²) in [6.07, 6.45) is 3.10. The summed E-state index contributed by atoms with van der Waals surface area (Å²) >= 11 is 0. The number of hydrogen-bond acceptors (Lipinski definition) is 3. The second kappa shape index (κ2) is 5.86. The van der Waals surface area contributed by atoms with Gasteiger partial charge in [-0.05, 0) is 30.2 Å². The minimum absolute atomic E-state index is 0.821. The van der Waals surface area contributed by atoms with Gasteiger partial charge in [0.25, 0.3) is 0 Å². The van der Waals surface area contributed by atoms with E-state index in [1.807, 2.05) is 41.2 Å². The van der Waals surface area contributed by atoms with Crippen LogP contribution in [0.1, 0.15) is 17.0 Å². The van der Waals surface area contributed by atoms with Gasteiger partial charge in [0.1, 0.15) is 0 Å². The van der Waals surface area contributed by atoms with Crippen molar-refractivity contribution in [3.8, 4) is 5.69 Å². The van der Waals surface area contributed by atoms with Crippen LogP contribution >= 0.6 is 0 Å². The maximum Gasteiger partial charge on any atom is 0.0971 e. The molecule has 0 aliphatic carbocycles. The maximum atomic E-state index is 4.35. The van der Waals surface area contributed by atoms with Crippen LogP contribution in [0.4, 0.5) is 0 Å². The second-order valence-electron chi connectivity index (χ2n) is 6.58. The highest BCUT2D eigenvalue weighted by atomic mass is 15.4. The first-order valence-electron chi connectivity index (χ1n) is 8.64. The lowest BCUT2D eigenvalue weighted by Gasteiger charge is -2.25. The van der Waals surface area contributed by atoms with Crippen LogP contribution < -0.4 is 0 Å². The van der Waals surface area contributed by atoms with Crippen LogP contribution in [0, 0.1) is 0 Å². The minimum atomic E-state index is 0.821. The topological polar surface area (TPSA) is 49.7 Å². The molecule has 0 fully saturated rings. The first kappa shape index (κ1) is 14.4. The van der Waals surface area contributed by atoms with Crippen molar-refractivity contribution in [1.29, 1.82) is 0 Å². The zero-order valence-corrected chi connectivity index (χ0v) is 13.9. The molecule has 25 heavy (non-hydrogen) atoms. The molecule has 4 aromatic rings. The molecule has 5 rings (SSSR count). The average Bonchev–Trinajstić information content (AvgIpc) is 3.26. The summed E-state index contributed by atoms with van der Waals surface area (Å²) in [5.41, 5.74) is 6.09. The fourth-order valence-corrected chi connectivity index (χ4v) is 3.69. The van der Waals surface area contributed by atoms with E-state index in [0.717, 1.165) is 37.4 Å². The van der Waals surface area contributed by atoms with Crippen LogP contribution in [0.2, 0.25) is 0 Å². The third-order valence-electron chi connectivity index (χ3n) is 4.91. The Morgan fingerprint density at radius 1 is 1.00 bits per heavy atom. The molecule has 0 amide bonds. The zero-order valence-electron chi connectivity index (χ0n) is 13.9. The normalized spacial score (nSPS) is 14.7. The van der Waals surface area contributed by atoms with Crippen molar-refractivity contribution in [2.45, 2.75) is 19.5 Å². The lowest BCUT2D eigenvalue weighted by molar-refractivity contribution is 0.240. The van der Waals surface area contributed by atoms with E-state index < -0.39 is 0 Å². The monoisotopic (exact) mass is 329 g/mol. The maximum absolute atomic E-state index is 4.35. The summed E-state index contributed by atoms with van der Waals surface area (Å²) in [7, 11) is 0. The molecule has 1 N–H and O–H groups in total. The minimum Gasteiger partial charge on any atom is -0.357 e. The Hall–Kier alpha value is -2.92. The summed E-state index contributed by atoms with van der Waals surface area (Å²) < 4.78 is 1.84. The third-order valence-corrected chi connectivity index (χ3v) is 4.91. The van der Waals surface area contributed by atoms with E-state index in [9.17, 15) is 0 Å². The van der Waals surface area contributed by atoms with Crippen molar-refractivity contribution < 1.29 is 0 Å². The molecule has 1 aliphatic heterocycles. The second-order valence-corrected chi connectivity index (χ2v) is 6.58. The number of H-pyrrole nitrogens is 1. The van der Waals surface area contributed by atoms with Crippen LogP contribution in [0.25, 0.3) is 16.6 Å². The molecule has 0 saturated heterocycles. The zero-order chi connectivity index (χ0) is 16.6. The van der Waals surface area contributed by atoms with Crippen molar-refractivity contribution in [2.75, 3.05) is 6.54 Å². The number of aromatic amines is 1. The van der Waals surface area contributed by atoms with Gasteiger partial charge in [0.2, 0.25) is 0 Å². The Kier molecular flexibility index (Phi) is 3.38. The highest BCUT2D eigenvalue weighted by Crippen LogP contribution is 2.27. The molecule has 124 valence electrons. The van der Waals surface area contributed by atoms with E-state index in [2.05, 4.69) is 44.5 Å². The van der Waals surface area contributed by atoms with Gasteiger partial charge < -0.3 is 4.98 Å². The highest BCUT2D eigenvalue weighted by molar-refractivity contribution is 5.84. The lowest BCUT2D eigenvalue weighted by Crippen LogP contribution is -2.30. The molecule has 0 radical (unpaired) electrons. The van der Waals surface area contributed by atoms with E-state index in [4.69, 9.17) is 0 Å². The van der Waals surface area contributed by atoms with Gasteiger partial charge >= 0.3 is 0 Å². The van der Waals surface area contributed by atoms with E-state index in [0.29, 0.717) is 0 Å². The first-order valence-corrected chi connectivity index (χ1v) is 8.64. The number of nitrogens with zero attached hydrogens (tertiary/aromatic N) is 4. The summed E-state index contributed by atoms with van der Waals surface area (Å²) in [6, 6.07) is 18.7. The van der Waals surface area contributed by atoms with Gasteiger partial charge in [-0.3, -0.25) is 4.90 Å². The smallest absolute Gasteiger partial charge is 0.0971 e. The Labute approximate surface area is 145 Å². The highest BCUT2D eigenvalue weighted by Gasteiger charge is 2.21. The van der Waals surface area contributed by atoms with Crippen LogP contribution in [-0.4, -0.2) is 31.4 Å². The van der Waals surface area contributed by atoms with Crippen molar-refractivity contribution in [3.05, 3.63) is 77.7 Å². The number of benzene rings is 2. The van der Waals surface area contributed by atoms with E-state index in [1.165, 1.54) is 22.2 Å². The van der Waals surface area contributed by atoms with Crippen LogP contribution in [-0.2, 0) is 19.5 Å². The summed E-state index contributed by atoms with van der Waals surface area (Å²) in [4.78, 5) is 6.01. The van der Waals surface area contributed by atoms with Gasteiger partial charge in [0.05, 0.1) is 17.6 Å². The Morgan fingerprint density at radius 2 is 1.84 bits per heavy atom. The van der Waals surface area contributed by atoms with E-state index >= 15 is 0 Å². The van der Waals surface area contributed by atoms with Gasteiger partial charge in [-0.15, -0.1) is 5.10 Å². The van der Waals surface area contributed by atoms with Gasteiger partial charge in [-0.1, -0.05) is 41.6 Å². The standard InChI is InChI=1S/C20H19N5/c1-2-6-16(7-3-1)25-13-15(22-23-25)12-24-11-10-18-17-8-4-5-9-19(17)21-20(18)14-24/h1-9,13,21H,10-12,14H2. The number of fused-ring (bicyclic) bond motifs is 3. The largest absolute Gasteiger partial charge is 0.357 e. The van der Waals surface area contributed by atoms with Gasteiger partial charge in [-0.2, -0.15) is 0 Å². The van der Waals surface area contributed by atoms with Crippen molar-refractivity contribution in [1.82, 2.24) is 24.9 Å². The van der Waals surface area contributed by atoms with Crippen molar-refractivity contribution in [2.24, 2.45) is 0 Å². The van der Waals surface area contributed by atoms with E-state index in [1.54, 1.807) is 0 Å². The third kappa shape index (κ3) is 2.62. The molecule has 1 aliphatic rings. The van der Waals surface area contributed by atoms with Crippen LogP contribution in [0.3, 0.4) is 0 Å². The van der Waals surface area contributed by atoms with Crippen LogP contribution in [0.15, 0.2) is 60.8 Å². The molecule has 3 heterocycles. The number of aromatic nitrogens is 4. The summed E-state index contributed by atoms with van der Waals surface area (Å²) in [6.45, 7) is 2.80. The number of rotatable bonds is 3. The Balaban J connectivity index is 1.35. The molecule has 2 aromatic carbocycles. The predicted octanol–water partition coefficient (Wildman–Crippen LogP) is 3.31. The molecular weight excluding hydrogens is 310 g/mol. The molecule has 5 nitrogen and oxygen atoms in total. The molecule has 0 spiro atoms. The number of hydrogen-bond donors (Lipinski definition) is 1. The molecular formula is C20H19N5. The first-order chi connectivity index (χ1) is 12.4.